The van der Waals surface area contributed by atoms with Crippen LogP contribution in [-0.2, 0) is 4.74 Å². The number of likely N-dealkylation sites (tertiary alicyclic amines) is 1. The molecule has 2 aliphatic rings. The maximum Gasteiger partial charge on any atom is 0.0507 e. The van der Waals surface area contributed by atoms with Crippen molar-refractivity contribution in [3.8, 4) is 0 Å². The van der Waals surface area contributed by atoms with Crippen molar-refractivity contribution in [1.82, 2.24) is 10.2 Å². The lowest BCUT2D eigenvalue weighted by molar-refractivity contribution is 0.118. The summed E-state index contributed by atoms with van der Waals surface area (Å²) in [6.45, 7) is 8.99. The van der Waals surface area contributed by atoms with Gasteiger partial charge >= 0.3 is 0 Å². The molecule has 0 saturated carbocycles. The molecule has 2 fully saturated rings. The molecule has 0 spiro atoms. The summed E-state index contributed by atoms with van der Waals surface area (Å²) in [5, 5.41) is 3.76. The van der Waals surface area contributed by atoms with Gasteiger partial charge < -0.3 is 15.0 Å². The topological polar surface area (TPSA) is 24.5 Å². The van der Waals surface area contributed by atoms with Crippen LogP contribution in [0.1, 0.15) is 26.7 Å². The van der Waals surface area contributed by atoms with Crippen LogP contribution in [0.25, 0.3) is 0 Å². The summed E-state index contributed by atoms with van der Waals surface area (Å²) in [6.07, 6.45) is 2.52. The molecule has 2 saturated heterocycles. The second-order valence-corrected chi connectivity index (χ2v) is 5.75. The third-order valence-electron chi connectivity index (χ3n) is 4.30. The number of nitrogens with one attached hydrogen (secondary N) is 1. The maximum atomic E-state index is 5.41. The van der Waals surface area contributed by atoms with Crippen molar-refractivity contribution < 1.29 is 4.74 Å². The van der Waals surface area contributed by atoms with Crippen molar-refractivity contribution in [2.75, 3.05) is 33.4 Å². The first-order valence-corrected chi connectivity index (χ1v) is 6.68. The molecule has 2 heterocycles. The molecule has 16 heavy (non-hydrogen) atoms. The van der Waals surface area contributed by atoms with Crippen LogP contribution in [0.3, 0.4) is 0 Å². The fraction of sp³-hybridized carbons (Fsp3) is 1.00. The summed E-state index contributed by atoms with van der Waals surface area (Å²) in [7, 11) is 2.24. The fourth-order valence-corrected chi connectivity index (χ4v) is 2.89. The number of nitrogens with zero attached hydrogens (tertiary/aromatic N) is 1. The molecule has 1 N–H and O–H groups in total. The van der Waals surface area contributed by atoms with Crippen LogP contribution >= 0.6 is 0 Å². The molecule has 4 atom stereocenters. The number of ether oxygens (including phenoxy) is 1. The molecule has 0 amide bonds. The van der Waals surface area contributed by atoms with Crippen LogP contribution < -0.4 is 5.32 Å². The minimum Gasteiger partial charge on any atom is -0.381 e. The molecular formula is C13H26N2O. The van der Waals surface area contributed by atoms with Gasteiger partial charge in [-0.3, -0.25) is 0 Å². The first-order chi connectivity index (χ1) is 7.66. The molecule has 94 valence electrons. The molecular weight excluding hydrogens is 200 g/mol. The zero-order valence-corrected chi connectivity index (χ0v) is 10.9. The second kappa shape index (κ2) is 5.48. The Labute approximate surface area is 99.5 Å². The van der Waals surface area contributed by atoms with Crippen LogP contribution in [0.4, 0.5) is 0 Å². The van der Waals surface area contributed by atoms with E-state index < -0.39 is 0 Å². The predicted molar refractivity (Wildman–Crippen MR) is 66.6 cm³/mol. The highest BCUT2D eigenvalue weighted by Crippen LogP contribution is 2.21. The molecule has 2 aliphatic heterocycles. The number of hydrogen-bond donors (Lipinski definition) is 1. The van der Waals surface area contributed by atoms with E-state index in [4.69, 9.17) is 4.74 Å². The van der Waals surface area contributed by atoms with Crippen LogP contribution in [0.2, 0.25) is 0 Å². The first-order valence-electron chi connectivity index (χ1n) is 6.68. The highest BCUT2D eigenvalue weighted by Gasteiger charge is 2.29. The van der Waals surface area contributed by atoms with E-state index in [1.165, 1.54) is 19.4 Å². The van der Waals surface area contributed by atoms with E-state index in [9.17, 15) is 0 Å². The third-order valence-corrected chi connectivity index (χ3v) is 4.30. The Morgan fingerprint density at radius 3 is 2.88 bits per heavy atom. The van der Waals surface area contributed by atoms with Crippen LogP contribution in [0.15, 0.2) is 0 Å². The Hall–Kier alpha value is -0.120. The smallest absolute Gasteiger partial charge is 0.0507 e. The summed E-state index contributed by atoms with van der Waals surface area (Å²) in [5.74, 6) is 1.52. The van der Waals surface area contributed by atoms with Crippen LogP contribution in [0.5, 0.6) is 0 Å². The molecule has 3 heteroatoms. The van der Waals surface area contributed by atoms with E-state index in [1.54, 1.807) is 0 Å². The van der Waals surface area contributed by atoms with Crippen molar-refractivity contribution in [2.45, 2.75) is 38.8 Å². The van der Waals surface area contributed by atoms with Crippen LogP contribution in [-0.4, -0.2) is 50.3 Å². The molecule has 0 aromatic carbocycles. The van der Waals surface area contributed by atoms with Crippen molar-refractivity contribution in [1.29, 1.82) is 0 Å². The molecule has 0 bridgehead atoms. The molecule has 0 radical (unpaired) electrons. The normalized spacial score (nSPS) is 41.4. The van der Waals surface area contributed by atoms with Gasteiger partial charge in [0, 0.05) is 31.8 Å². The van der Waals surface area contributed by atoms with Crippen molar-refractivity contribution >= 4 is 0 Å². The molecule has 0 aromatic heterocycles. The monoisotopic (exact) mass is 226 g/mol. The van der Waals surface area contributed by atoms with Crippen LogP contribution in [0, 0.1) is 11.8 Å². The Kier molecular flexibility index (Phi) is 4.22. The van der Waals surface area contributed by atoms with Gasteiger partial charge in [-0.15, -0.1) is 0 Å². The van der Waals surface area contributed by atoms with E-state index in [-0.39, 0.29) is 0 Å². The first kappa shape index (κ1) is 12.3. The maximum absolute atomic E-state index is 5.41. The van der Waals surface area contributed by atoms with E-state index >= 15 is 0 Å². The van der Waals surface area contributed by atoms with Gasteiger partial charge in [0.1, 0.15) is 0 Å². The Bertz CT molecular complexity index is 216. The molecule has 0 aromatic rings. The van der Waals surface area contributed by atoms with E-state index in [0.717, 1.165) is 31.6 Å². The van der Waals surface area contributed by atoms with Gasteiger partial charge in [0.25, 0.3) is 0 Å². The van der Waals surface area contributed by atoms with Gasteiger partial charge in [0.05, 0.1) is 6.61 Å². The van der Waals surface area contributed by atoms with Crippen molar-refractivity contribution in [3.05, 3.63) is 0 Å². The average Bonchev–Trinajstić information content (AvgIpc) is 2.74. The zero-order chi connectivity index (χ0) is 11.5. The molecule has 4 unspecified atom stereocenters. The predicted octanol–water partition coefficient (Wildman–Crippen LogP) is 1.34. The Morgan fingerprint density at radius 2 is 2.19 bits per heavy atom. The summed E-state index contributed by atoms with van der Waals surface area (Å²) < 4.78 is 5.41. The lowest BCUT2D eigenvalue weighted by Gasteiger charge is -2.40. The van der Waals surface area contributed by atoms with Gasteiger partial charge in [0.2, 0.25) is 0 Å². The van der Waals surface area contributed by atoms with Gasteiger partial charge in [-0.05, 0) is 38.6 Å². The highest BCUT2D eigenvalue weighted by molar-refractivity contribution is 4.86. The lowest BCUT2D eigenvalue weighted by Crippen LogP contribution is -2.51. The molecule has 0 aliphatic carbocycles. The summed E-state index contributed by atoms with van der Waals surface area (Å²) in [6, 6.07) is 1.42. The van der Waals surface area contributed by atoms with Gasteiger partial charge in [-0.1, -0.05) is 6.92 Å². The fourth-order valence-electron chi connectivity index (χ4n) is 2.89. The lowest BCUT2D eigenvalue weighted by atomic mass is 9.89. The van der Waals surface area contributed by atoms with Gasteiger partial charge in [-0.2, -0.15) is 0 Å². The average molecular weight is 226 g/mol. The minimum absolute atomic E-state index is 0.701. The SMILES string of the molecule is CC1CN(C)C(C)CC1NCC1CCOC1. The zero-order valence-electron chi connectivity index (χ0n) is 10.9. The summed E-state index contributed by atoms with van der Waals surface area (Å²) in [4.78, 5) is 2.47. The summed E-state index contributed by atoms with van der Waals surface area (Å²) in [5.41, 5.74) is 0. The van der Waals surface area contributed by atoms with E-state index in [0.29, 0.717) is 12.1 Å². The van der Waals surface area contributed by atoms with E-state index in [2.05, 4.69) is 31.1 Å². The van der Waals surface area contributed by atoms with E-state index in [1.807, 2.05) is 0 Å². The van der Waals surface area contributed by atoms with Crippen molar-refractivity contribution in [3.63, 3.8) is 0 Å². The summed E-state index contributed by atoms with van der Waals surface area (Å²) >= 11 is 0. The Balaban J connectivity index is 1.75. The second-order valence-electron chi connectivity index (χ2n) is 5.75. The standard InChI is InChI=1S/C13H26N2O/c1-10-8-15(3)11(2)6-13(10)14-7-12-4-5-16-9-12/h10-14H,4-9H2,1-3H3. The number of hydrogen-bond acceptors (Lipinski definition) is 3. The number of piperidine rings is 1. The molecule has 3 nitrogen and oxygen atoms in total. The van der Waals surface area contributed by atoms with Gasteiger partial charge in [-0.25, -0.2) is 0 Å². The third kappa shape index (κ3) is 2.96. The molecule has 2 rings (SSSR count). The quantitative estimate of drug-likeness (QED) is 0.786. The van der Waals surface area contributed by atoms with Crippen molar-refractivity contribution in [2.24, 2.45) is 11.8 Å². The highest BCUT2D eigenvalue weighted by atomic mass is 16.5. The minimum atomic E-state index is 0.701. The largest absolute Gasteiger partial charge is 0.381 e. The van der Waals surface area contributed by atoms with Gasteiger partial charge in [0.15, 0.2) is 0 Å². The Morgan fingerprint density at radius 1 is 1.38 bits per heavy atom. The number of rotatable bonds is 3.